The van der Waals surface area contributed by atoms with Crippen molar-refractivity contribution in [3.63, 3.8) is 0 Å². The first kappa shape index (κ1) is 23.9. The van der Waals surface area contributed by atoms with Crippen molar-refractivity contribution in [2.45, 2.75) is 26.4 Å². The summed E-state index contributed by atoms with van der Waals surface area (Å²) in [5.74, 6) is -0.298. The number of nitrogens with zero attached hydrogens (tertiary/aromatic N) is 5. The summed E-state index contributed by atoms with van der Waals surface area (Å²) < 4.78 is 3.22. The Morgan fingerprint density at radius 2 is 1.73 bits per heavy atom. The standard InChI is InChI=1S/C28H26N6O3/c1-3-14-33-25-23(26(35)30-28(33)37)15-20(16-29-25)27(36)32(2)17-21-18-34(22-12-8-5-9-13-22)31-24(21)19-10-6-4-7-11-19/h4-13,15-16,18H,3,14,17H2,1-2H3,(H,30,35,37). The fourth-order valence-corrected chi connectivity index (χ4v) is 4.34. The van der Waals surface area contributed by atoms with Crippen molar-refractivity contribution in [2.24, 2.45) is 0 Å². The number of fused-ring (bicyclic) bond motifs is 1. The molecule has 37 heavy (non-hydrogen) atoms. The van der Waals surface area contributed by atoms with E-state index in [1.54, 1.807) is 16.6 Å². The van der Waals surface area contributed by atoms with E-state index in [1.807, 2.05) is 73.8 Å². The molecule has 5 rings (SSSR count). The summed E-state index contributed by atoms with van der Waals surface area (Å²) in [6.45, 7) is 2.64. The van der Waals surface area contributed by atoms with Gasteiger partial charge >= 0.3 is 5.69 Å². The Labute approximate surface area is 212 Å². The molecule has 0 radical (unpaired) electrons. The number of benzene rings is 2. The van der Waals surface area contributed by atoms with Crippen LogP contribution in [-0.2, 0) is 13.1 Å². The van der Waals surface area contributed by atoms with Crippen molar-refractivity contribution >= 4 is 16.9 Å². The molecule has 9 heteroatoms. The van der Waals surface area contributed by atoms with Gasteiger partial charge in [-0.15, -0.1) is 0 Å². The Hall–Kier alpha value is -4.79. The second-order valence-electron chi connectivity index (χ2n) is 8.82. The fraction of sp³-hybridized carbons (Fsp3) is 0.179. The van der Waals surface area contributed by atoms with Gasteiger partial charge in [0.05, 0.1) is 22.3 Å². The van der Waals surface area contributed by atoms with Crippen molar-refractivity contribution in [1.82, 2.24) is 29.2 Å². The van der Waals surface area contributed by atoms with Gasteiger partial charge < -0.3 is 4.90 Å². The smallest absolute Gasteiger partial charge is 0.329 e. The van der Waals surface area contributed by atoms with E-state index in [0.717, 1.165) is 22.5 Å². The molecular weight excluding hydrogens is 468 g/mol. The molecule has 1 N–H and O–H groups in total. The molecule has 0 aliphatic rings. The van der Waals surface area contributed by atoms with Gasteiger partial charge in [-0.1, -0.05) is 55.5 Å². The zero-order chi connectivity index (χ0) is 25.9. The molecule has 186 valence electrons. The molecule has 2 aromatic carbocycles. The molecule has 9 nitrogen and oxygen atoms in total. The third-order valence-electron chi connectivity index (χ3n) is 6.14. The van der Waals surface area contributed by atoms with Gasteiger partial charge in [-0.3, -0.25) is 19.1 Å². The Balaban J connectivity index is 1.49. The van der Waals surface area contributed by atoms with E-state index >= 15 is 0 Å². The van der Waals surface area contributed by atoms with E-state index in [1.165, 1.54) is 16.8 Å². The van der Waals surface area contributed by atoms with Gasteiger partial charge in [0, 0.05) is 43.7 Å². The Morgan fingerprint density at radius 3 is 2.43 bits per heavy atom. The summed E-state index contributed by atoms with van der Waals surface area (Å²) in [5.41, 5.74) is 2.97. The van der Waals surface area contributed by atoms with Crippen LogP contribution in [0, 0.1) is 0 Å². The summed E-state index contributed by atoms with van der Waals surface area (Å²) in [5, 5.41) is 5.02. The van der Waals surface area contributed by atoms with E-state index in [9.17, 15) is 14.4 Å². The predicted molar refractivity (Wildman–Crippen MR) is 142 cm³/mol. The number of para-hydroxylation sites is 1. The van der Waals surface area contributed by atoms with Gasteiger partial charge in [0.2, 0.25) is 0 Å². The van der Waals surface area contributed by atoms with Gasteiger partial charge in [0.25, 0.3) is 11.5 Å². The highest BCUT2D eigenvalue weighted by molar-refractivity contribution is 5.96. The molecule has 0 bridgehead atoms. The number of aromatic nitrogens is 5. The molecule has 3 heterocycles. The lowest BCUT2D eigenvalue weighted by Gasteiger charge is -2.17. The molecule has 0 aliphatic heterocycles. The zero-order valence-corrected chi connectivity index (χ0v) is 20.6. The van der Waals surface area contributed by atoms with Crippen LogP contribution in [0.15, 0.2) is 88.7 Å². The zero-order valence-electron chi connectivity index (χ0n) is 20.6. The molecule has 0 fully saturated rings. The number of H-pyrrole nitrogens is 1. The lowest BCUT2D eigenvalue weighted by Crippen LogP contribution is -2.31. The number of carbonyl (C=O) groups excluding carboxylic acids is 1. The van der Waals surface area contributed by atoms with Crippen LogP contribution in [-0.4, -0.2) is 42.2 Å². The van der Waals surface area contributed by atoms with E-state index in [-0.39, 0.29) is 22.5 Å². The summed E-state index contributed by atoms with van der Waals surface area (Å²) in [6, 6.07) is 21.1. The Morgan fingerprint density at radius 1 is 1.03 bits per heavy atom. The van der Waals surface area contributed by atoms with Crippen molar-refractivity contribution < 1.29 is 4.79 Å². The van der Waals surface area contributed by atoms with Gasteiger partial charge in [0.15, 0.2) is 0 Å². The molecule has 0 atom stereocenters. The fourth-order valence-electron chi connectivity index (χ4n) is 4.34. The number of aryl methyl sites for hydroxylation is 1. The summed E-state index contributed by atoms with van der Waals surface area (Å²) in [7, 11) is 1.70. The minimum atomic E-state index is -0.562. The number of rotatable bonds is 7. The van der Waals surface area contributed by atoms with Crippen molar-refractivity contribution in [1.29, 1.82) is 0 Å². The van der Waals surface area contributed by atoms with Crippen LogP contribution >= 0.6 is 0 Å². The van der Waals surface area contributed by atoms with Crippen LogP contribution in [0.1, 0.15) is 29.3 Å². The maximum Gasteiger partial charge on any atom is 0.329 e. The topological polar surface area (TPSA) is 106 Å². The van der Waals surface area contributed by atoms with E-state index in [2.05, 4.69) is 9.97 Å². The summed E-state index contributed by atoms with van der Waals surface area (Å²) in [6.07, 6.45) is 4.04. The molecule has 0 saturated heterocycles. The first-order valence-corrected chi connectivity index (χ1v) is 12.0. The normalized spacial score (nSPS) is 11.1. The number of carbonyl (C=O) groups is 1. The Bertz CT molecular complexity index is 1690. The summed E-state index contributed by atoms with van der Waals surface area (Å²) >= 11 is 0. The molecular formula is C28H26N6O3. The lowest BCUT2D eigenvalue weighted by molar-refractivity contribution is 0.0785. The lowest BCUT2D eigenvalue weighted by atomic mass is 10.1. The molecule has 1 amide bonds. The molecule has 0 spiro atoms. The van der Waals surface area contributed by atoms with E-state index < -0.39 is 11.2 Å². The number of hydrogen-bond acceptors (Lipinski definition) is 5. The SMILES string of the molecule is CCCn1c(=O)[nH]c(=O)c2cc(C(=O)N(C)Cc3cn(-c4ccccc4)nc3-c3ccccc3)cnc21. The molecule has 3 aromatic heterocycles. The maximum absolute atomic E-state index is 13.4. The van der Waals surface area contributed by atoms with Crippen LogP contribution in [0.5, 0.6) is 0 Å². The van der Waals surface area contributed by atoms with Gasteiger partial charge in [-0.05, 0) is 24.6 Å². The van der Waals surface area contributed by atoms with Crippen molar-refractivity contribution in [2.75, 3.05) is 7.05 Å². The second-order valence-corrected chi connectivity index (χ2v) is 8.82. The van der Waals surface area contributed by atoms with E-state index in [4.69, 9.17) is 5.10 Å². The minimum absolute atomic E-state index is 0.203. The monoisotopic (exact) mass is 494 g/mol. The third kappa shape index (κ3) is 4.71. The maximum atomic E-state index is 13.4. The molecule has 0 unspecified atom stereocenters. The molecule has 0 saturated carbocycles. The highest BCUT2D eigenvalue weighted by Gasteiger charge is 2.19. The quantitative estimate of drug-likeness (QED) is 0.372. The minimum Gasteiger partial charge on any atom is -0.337 e. The predicted octanol–water partition coefficient (Wildman–Crippen LogP) is 3.62. The number of hydrogen-bond donors (Lipinski definition) is 1. The number of aromatic amines is 1. The number of amides is 1. The van der Waals surface area contributed by atoms with Crippen LogP contribution in [0.25, 0.3) is 28.0 Å². The van der Waals surface area contributed by atoms with Gasteiger partial charge in [0.1, 0.15) is 5.65 Å². The van der Waals surface area contributed by atoms with Crippen molar-refractivity contribution in [3.8, 4) is 16.9 Å². The largest absolute Gasteiger partial charge is 0.337 e. The Kier molecular flexibility index (Phi) is 6.51. The highest BCUT2D eigenvalue weighted by Crippen LogP contribution is 2.25. The van der Waals surface area contributed by atoms with Crippen LogP contribution < -0.4 is 11.2 Å². The van der Waals surface area contributed by atoms with Gasteiger partial charge in [-0.2, -0.15) is 5.10 Å². The van der Waals surface area contributed by atoms with Crippen LogP contribution in [0.2, 0.25) is 0 Å². The third-order valence-corrected chi connectivity index (χ3v) is 6.14. The highest BCUT2D eigenvalue weighted by atomic mass is 16.2. The second kappa shape index (κ2) is 10.1. The average molecular weight is 495 g/mol. The van der Waals surface area contributed by atoms with Crippen molar-refractivity contribution in [3.05, 3.63) is 111 Å². The molecule has 0 aliphatic carbocycles. The van der Waals surface area contributed by atoms with Crippen LogP contribution in [0.4, 0.5) is 0 Å². The first-order valence-electron chi connectivity index (χ1n) is 12.0. The summed E-state index contributed by atoms with van der Waals surface area (Å²) in [4.78, 5) is 46.3. The van der Waals surface area contributed by atoms with Crippen LogP contribution in [0.3, 0.4) is 0 Å². The number of pyridine rings is 1. The first-order chi connectivity index (χ1) is 18.0. The average Bonchev–Trinajstić information content (AvgIpc) is 3.35. The van der Waals surface area contributed by atoms with Gasteiger partial charge in [-0.25, -0.2) is 14.5 Å². The van der Waals surface area contributed by atoms with E-state index in [0.29, 0.717) is 19.5 Å². The molecule has 5 aromatic rings. The number of nitrogens with one attached hydrogen (secondary N) is 1.